The summed E-state index contributed by atoms with van der Waals surface area (Å²) in [7, 11) is -4.22. The van der Waals surface area contributed by atoms with E-state index in [1.165, 1.54) is 17.0 Å². The van der Waals surface area contributed by atoms with Crippen molar-refractivity contribution in [2.75, 3.05) is 23.9 Å². The van der Waals surface area contributed by atoms with Crippen LogP contribution in [0.1, 0.15) is 32.8 Å². The van der Waals surface area contributed by atoms with Crippen LogP contribution in [0.5, 0.6) is 0 Å². The van der Waals surface area contributed by atoms with Crippen molar-refractivity contribution in [3.8, 4) is 0 Å². The average molecular weight is 554 g/mol. The number of hydrogen-bond acceptors (Lipinski definition) is 4. The molecule has 2 amide bonds. The predicted molar refractivity (Wildman–Crippen MR) is 151 cm³/mol. The standard InChI is InChI=1S/C30H36FN3O4S/c1-4-28(30(36)32-21-23(2)3)33(20-19-24-11-7-5-8-12-24)29(35)22-34(26-13-9-6-10-14-26)39(37,38)27-17-15-25(31)16-18-27/h5-18,23,28H,4,19-22H2,1-3H3,(H,32,36). The first-order valence-corrected chi connectivity index (χ1v) is 14.5. The van der Waals surface area contributed by atoms with Gasteiger partial charge in [0, 0.05) is 13.1 Å². The van der Waals surface area contributed by atoms with E-state index in [1.807, 2.05) is 51.1 Å². The van der Waals surface area contributed by atoms with Crippen LogP contribution in [0.3, 0.4) is 0 Å². The van der Waals surface area contributed by atoms with Crippen molar-refractivity contribution in [3.63, 3.8) is 0 Å². The van der Waals surface area contributed by atoms with E-state index in [0.717, 1.165) is 22.0 Å². The Hall–Kier alpha value is -3.72. The van der Waals surface area contributed by atoms with Crippen LogP contribution >= 0.6 is 0 Å². The topological polar surface area (TPSA) is 86.8 Å². The molecular formula is C30H36FN3O4S. The molecule has 9 heteroatoms. The molecule has 39 heavy (non-hydrogen) atoms. The second-order valence-corrected chi connectivity index (χ2v) is 11.5. The van der Waals surface area contributed by atoms with Gasteiger partial charge < -0.3 is 10.2 Å². The lowest BCUT2D eigenvalue weighted by atomic mass is 10.1. The van der Waals surface area contributed by atoms with Crippen LogP contribution in [-0.4, -0.2) is 50.8 Å². The number of benzene rings is 3. The van der Waals surface area contributed by atoms with Crippen molar-refractivity contribution in [1.29, 1.82) is 0 Å². The van der Waals surface area contributed by atoms with Crippen LogP contribution in [0, 0.1) is 11.7 Å². The maximum atomic E-state index is 13.9. The number of anilines is 1. The first kappa shape index (κ1) is 29.8. The van der Waals surface area contributed by atoms with Crippen LogP contribution < -0.4 is 9.62 Å². The molecule has 0 spiro atoms. The van der Waals surface area contributed by atoms with Gasteiger partial charge in [-0.05, 0) is 60.7 Å². The number of nitrogens with one attached hydrogen (secondary N) is 1. The highest BCUT2D eigenvalue weighted by atomic mass is 32.2. The largest absolute Gasteiger partial charge is 0.354 e. The molecule has 208 valence electrons. The SMILES string of the molecule is CCC(C(=O)NCC(C)C)N(CCc1ccccc1)C(=O)CN(c1ccccc1)S(=O)(=O)c1ccc(F)cc1. The van der Waals surface area contributed by atoms with Crippen molar-refractivity contribution in [2.24, 2.45) is 5.92 Å². The second-order valence-electron chi connectivity index (χ2n) is 9.69. The molecule has 1 unspecified atom stereocenters. The minimum Gasteiger partial charge on any atom is -0.354 e. The molecule has 1 N–H and O–H groups in total. The highest BCUT2D eigenvalue weighted by molar-refractivity contribution is 7.92. The van der Waals surface area contributed by atoms with Crippen LogP contribution in [0.25, 0.3) is 0 Å². The second kappa shape index (κ2) is 13.9. The third kappa shape index (κ3) is 8.13. The van der Waals surface area contributed by atoms with Gasteiger partial charge in [0.25, 0.3) is 10.0 Å². The fourth-order valence-electron chi connectivity index (χ4n) is 4.18. The number of sulfonamides is 1. The zero-order valence-corrected chi connectivity index (χ0v) is 23.4. The highest BCUT2D eigenvalue weighted by Crippen LogP contribution is 2.24. The molecule has 0 aliphatic heterocycles. The predicted octanol–water partition coefficient (Wildman–Crippen LogP) is 4.64. The molecule has 3 rings (SSSR count). The zero-order chi connectivity index (χ0) is 28.4. The van der Waals surface area contributed by atoms with Gasteiger partial charge in [0.15, 0.2) is 0 Å². The van der Waals surface area contributed by atoms with Gasteiger partial charge in [0.05, 0.1) is 10.6 Å². The van der Waals surface area contributed by atoms with E-state index in [9.17, 15) is 22.4 Å². The van der Waals surface area contributed by atoms with Crippen LogP contribution in [-0.2, 0) is 26.0 Å². The summed E-state index contributed by atoms with van der Waals surface area (Å²) in [4.78, 5) is 28.4. The molecule has 7 nitrogen and oxygen atoms in total. The Morgan fingerprint density at radius 3 is 2.05 bits per heavy atom. The van der Waals surface area contributed by atoms with E-state index < -0.39 is 34.3 Å². The summed E-state index contributed by atoms with van der Waals surface area (Å²) in [5, 5.41) is 2.91. The number of rotatable bonds is 13. The Bertz CT molecular complexity index is 1320. The molecule has 3 aromatic rings. The van der Waals surface area contributed by atoms with E-state index >= 15 is 0 Å². The number of hydrogen-bond donors (Lipinski definition) is 1. The molecule has 0 bridgehead atoms. The third-order valence-corrected chi connectivity index (χ3v) is 8.07. The number of halogens is 1. The normalized spacial score (nSPS) is 12.1. The zero-order valence-electron chi connectivity index (χ0n) is 22.6. The van der Waals surface area contributed by atoms with E-state index in [-0.39, 0.29) is 29.0 Å². The fraction of sp³-hybridized carbons (Fsp3) is 0.333. The fourth-order valence-corrected chi connectivity index (χ4v) is 5.59. The summed E-state index contributed by atoms with van der Waals surface area (Å²) >= 11 is 0. The van der Waals surface area contributed by atoms with Gasteiger partial charge in [0.1, 0.15) is 18.4 Å². The molecule has 0 radical (unpaired) electrons. The quantitative estimate of drug-likeness (QED) is 0.334. The van der Waals surface area contributed by atoms with Crippen LogP contribution in [0.2, 0.25) is 0 Å². The molecule has 0 aromatic heterocycles. The first-order chi connectivity index (χ1) is 18.6. The molecule has 0 fully saturated rings. The maximum absolute atomic E-state index is 13.9. The van der Waals surface area contributed by atoms with E-state index in [1.54, 1.807) is 30.3 Å². The van der Waals surface area contributed by atoms with E-state index in [0.29, 0.717) is 19.4 Å². The van der Waals surface area contributed by atoms with Gasteiger partial charge in [-0.1, -0.05) is 69.3 Å². The first-order valence-electron chi connectivity index (χ1n) is 13.1. The van der Waals surface area contributed by atoms with Crippen molar-refractivity contribution in [2.45, 2.75) is 44.6 Å². The lowest BCUT2D eigenvalue weighted by molar-refractivity contribution is -0.139. The monoisotopic (exact) mass is 553 g/mol. The minimum atomic E-state index is -4.22. The average Bonchev–Trinajstić information content (AvgIpc) is 2.93. The molecule has 0 heterocycles. The molecule has 0 saturated heterocycles. The number of amides is 2. The van der Waals surface area contributed by atoms with Gasteiger partial charge in [-0.15, -0.1) is 0 Å². The Morgan fingerprint density at radius 1 is 0.897 bits per heavy atom. The molecular weight excluding hydrogens is 517 g/mol. The molecule has 1 atom stereocenters. The molecule has 3 aromatic carbocycles. The minimum absolute atomic E-state index is 0.141. The Kier molecular flexibility index (Phi) is 10.6. The summed E-state index contributed by atoms with van der Waals surface area (Å²) in [6, 6.07) is 21.6. The van der Waals surface area contributed by atoms with Crippen LogP contribution in [0.15, 0.2) is 89.8 Å². The van der Waals surface area contributed by atoms with E-state index in [4.69, 9.17) is 0 Å². The summed E-state index contributed by atoms with van der Waals surface area (Å²) in [5.74, 6) is -1.12. The Morgan fingerprint density at radius 2 is 1.49 bits per heavy atom. The Labute approximate surface area is 230 Å². The third-order valence-electron chi connectivity index (χ3n) is 6.28. The lowest BCUT2D eigenvalue weighted by Crippen LogP contribution is -2.53. The van der Waals surface area contributed by atoms with Crippen molar-refractivity contribution in [1.82, 2.24) is 10.2 Å². The van der Waals surface area contributed by atoms with Gasteiger partial charge in [-0.25, -0.2) is 12.8 Å². The summed E-state index contributed by atoms with van der Waals surface area (Å²) in [6.45, 7) is 5.97. The molecule has 0 aliphatic rings. The van der Waals surface area contributed by atoms with Gasteiger partial charge >= 0.3 is 0 Å². The van der Waals surface area contributed by atoms with Crippen LogP contribution in [0.4, 0.5) is 10.1 Å². The summed E-state index contributed by atoms with van der Waals surface area (Å²) < 4.78 is 41.9. The van der Waals surface area contributed by atoms with Crippen molar-refractivity contribution < 1.29 is 22.4 Å². The summed E-state index contributed by atoms with van der Waals surface area (Å²) in [5.41, 5.74) is 1.28. The number of nitrogens with zero attached hydrogens (tertiary/aromatic N) is 2. The van der Waals surface area contributed by atoms with E-state index in [2.05, 4.69) is 5.32 Å². The van der Waals surface area contributed by atoms with Gasteiger partial charge in [-0.3, -0.25) is 13.9 Å². The number of para-hydroxylation sites is 1. The Balaban J connectivity index is 1.96. The van der Waals surface area contributed by atoms with Gasteiger partial charge in [-0.2, -0.15) is 0 Å². The maximum Gasteiger partial charge on any atom is 0.264 e. The molecule has 0 aliphatic carbocycles. The lowest BCUT2D eigenvalue weighted by Gasteiger charge is -2.33. The summed E-state index contributed by atoms with van der Waals surface area (Å²) in [6.07, 6.45) is 0.858. The van der Waals surface area contributed by atoms with Gasteiger partial charge in [0.2, 0.25) is 11.8 Å². The van der Waals surface area contributed by atoms with Crippen molar-refractivity contribution in [3.05, 3.63) is 96.3 Å². The van der Waals surface area contributed by atoms with Crippen molar-refractivity contribution >= 4 is 27.5 Å². The highest BCUT2D eigenvalue weighted by Gasteiger charge is 2.33. The smallest absolute Gasteiger partial charge is 0.264 e. The molecule has 0 saturated carbocycles. The number of carbonyl (C=O) groups is 2. The number of carbonyl (C=O) groups excluding carboxylic acids is 2.